The van der Waals surface area contributed by atoms with E-state index in [-0.39, 0.29) is 0 Å². The number of nitrogens with zero attached hydrogens (tertiary/aromatic N) is 1. The summed E-state index contributed by atoms with van der Waals surface area (Å²) in [5.41, 5.74) is 1.74. The highest BCUT2D eigenvalue weighted by Crippen LogP contribution is 2.13. The summed E-state index contributed by atoms with van der Waals surface area (Å²) in [4.78, 5) is 4.00. The molecule has 0 bridgehead atoms. The normalized spacial score (nSPS) is 8.82. The molecule has 0 N–H and O–H groups in total. The number of aromatic nitrogens is 1. The first-order chi connectivity index (χ1) is 5.27. The van der Waals surface area contributed by atoms with Gasteiger partial charge in [0.1, 0.15) is 0 Å². The molecule has 0 aliphatic carbocycles. The molecule has 1 rings (SSSR count). The molecule has 0 atom stereocenters. The van der Waals surface area contributed by atoms with Gasteiger partial charge in [-0.15, -0.1) is 6.42 Å². The van der Waals surface area contributed by atoms with Crippen molar-refractivity contribution in [1.82, 2.24) is 4.98 Å². The molecule has 0 aromatic carbocycles. The number of ether oxygens (including phenoxy) is 1. The molecule has 0 radical (unpaired) electrons. The number of methoxy groups -OCH3 is 1. The van der Waals surface area contributed by atoms with Crippen LogP contribution in [0.1, 0.15) is 11.1 Å². The van der Waals surface area contributed by atoms with Crippen LogP contribution in [0.3, 0.4) is 0 Å². The van der Waals surface area contributed by atoms with Gasteiger partial charge in [0.25, 0.3) is 0 Å². The number of hydrogen-bond acceptors (Lipinski definition) is 2. The zero-order valence-electron chi connectivity index (χ0n) is 6.59. The predicted molar refractivity (Wildman–Crippen MR) is 43.5 cm³/mol. The van der Waals surface area contributed by atoms with E-state index in [1.165, 1.54) is 0 Å². The maximum Gasteiger partial charge on any atom is 0.229 e. The topological polar surface area (TPSA) is 22.1 Å². The van der Waals surface area contributed by atoms with Crippen LogP contribution < -0.4 is 4.74 Å². The smallest absolute Gasteiger partial charge is 0.229 e. The maximum atomic E-state index is 5.23. The molecule has 0 fully saturated rings. The second kappa shape index (κ2) is 3.07. The fraction of sp³-hybridized carbons (Fsp3) is 0.222. The first kappa shape index (κ1) is 7.62. The third kappa shape index (κ3) is 1.50. The number of aryl methyl sites for hydroxylation is 1. The minimum absolute atomic E-state index is 0.512. The lowest BCUT2D eigenvalue weighted by atomic mass is 10.2. The highest BCUT2D eigenvalue weighted by molar-refractivity contribution is 5.41. The molecule has 0 aliphatic heterocycles. The molecule has 11 heavy (non-hydrogen) atoms. The Hall–Kier alpha value is -1.49. The first-order valence-electron chi connectivity index (χ1n) is 3.25. The summed E-state index contributed by atoms with van der Waals surface area (Å²) in [5.74, 6) is 3.01. The van der Waals surface area contributed by atoms with Crippen molar-refractivity contribution in [1.29, 1.82) is 0 Å². The van der Waals surface area contributed by atoms with Gasteiger partial charge in [-0.25, -0.2) is 4.98 Å². The van der Waals surface area contributed by atoms with Crippen molar-refractivity contribution < 1.29 is 4.74 Å². The third-order valence-corrected chi connectivity index (χ3v) is 1.34. The average Bonchev–Trinajstić information content (AvgIpc) is 2.04. The summed E-state index contributed by atoms with van der Waals surface area (Å²) < 4.78 is 4.94. The minimum atomic E-state index is 0.512. The third-order valence-electron chi connectivity index (χ3n) is 1.34. The van der Waals surface area contributed by atoms with Crippen molar-refractivity contribution in [2.75, 3.05) is 7.11 Å². The van der Waals surface area contributed by atoms with Gasteiger partial charge in [-0.2, -0.15) is 0 Å². The summed E-state index contributed by atoms with van der Waals surface area (Å²) in [7, 11) is 1.55. The lowest BCUT2D eigenvalue weighted by Crippen LogP contribution is -1.91. The summed E-state index contributed by atoms with van der Waals surface area (Å²) >= 11 is 0. The Morgan fingerprint density at radius 3 is 2.91 bits per heavy atom. The lowest BCUT2D eigenvalue weighted by Gasteiger charge is -2.01. The van der Waals surface area contributed by atoms with Crippen molar-refractivity contribution in [2.24, 2.45) is 0 Å². The second-order valence-corrected chi connectivity index (χ2v) is 2.21. The molecule has 0 saturated carbocycles. The fourth-order valence-corrected chi connectivity index (χ4v) is 0.823. The van der Waals surface area contributed by atoms with Gasteiger partial charge in [-0.3, -0.25) is 0 Å². The van der Waals surface area contributed by atoms with E-state index in [9.17, 15) is 0 Å². The number of rotatable bonds is 1. The molecule has 0 amide bonds. The van der Waals surface area contributed by atoms with Crippen molar-refractivity contribution in [3.05, 3.63) is 23.4 Å². The van der Waals surface area contributed by atoms with Crippen LogP contribution in [0, 0.1) is 19.3 Å². The fourth-order valence-electron chi connectivity index (χ4n) is 0.823. The van der Waals surface area contributed by atoms with Crippen molar-refractivity contribution in [3.8, 4) is 18.2 Å². The van der Waals surface area contributed by atoms with E-state index < -0.39 is 0 Å². The lowest BCUT2D eigenvalue weighted by molar-refractivity contribution is 0.396. The molecule has 2 heteroatoms. The summed E-state index contributed by atoms with van der Waals surface area (Å²) in [6.07, 6.45) is 6.95. The molecule has 0 saturated heterocycles. The van der Waals surface area contributed by atoms with E-state index >= 15 is 0 Å². The number of hydrogen-bond donors (Lipinski definition) is 0. The van der Waals surface area contributed by atoms with E-state index in [0.717, 1.165) is 5.56 Å². The Labute approximate surface area is 66.2 Å². The van der Waals surface area contributed by atoms with Gasteiger partial charge in [-0.05, 0) is 18.6 Å². The number of terminal acetylenes is 1. The molecule has 1 heterocycles. The first-order valence-corrected chi connectivity index (χ1v) is 3.25. The van der Waals surface area contributed by atoms with Gasteiger partial charge in [0, 0.05) is 6.20 Å². The van der Waals surface area contributed by atoms with Crippen LogP contribution in [0.15, 0.2) is 12.3 Å². The van der Waals surface area contributed by atoms with Gasteiger partial charge in [0.2, 0.25) is 5.88 Å². The van der Waals surface area contributed by atoms with Gasteiger partial charge in [0.15, 0.2) is 0 Å². The molecule has 1 aromatic rings. The van der Waals surface area contributed by atoms with Crippen molar-refractivity contribution >= 4 is 0 Å². The molecule has 0 unspecified atom stereocenters. The molecule has 1 aromatic heterocycles. The Kier molecular flexibility index (Phi) is 2.12. The van der Waals surface area contributed by atoms with Crippen LogP contribution in [0.5, 0.6) is 5.88 Å². The van der Waals surface area contributed by atoms with Crippen LogP contribution in [0.4, 0.5) is 0 Å². The number of pyridine rings is 1. The van der Waals surface area contributed by atoms with Gasteiger partial charge in [0.05, 0.1) is 12.7 Å². The van der Waals surface area contributed by atoms with Crippen LogP contribution in [0.25, 0.3) is 0 Å². The van der Waals surface area contributed by atoms with E-state index in [2.05, 4.69) is 10.9 Å². The molecule has 2 nitrogen and oxygen atoms in total. The monoisotopic (exact) mass is 147 g/mol. The minimum Gasteiger partial charge on any atom is -0.480 e. The SMILES string of the molecule is C#Cc1cc(C)cnc1OC. The molecular formula is C9H9NO. The van der Waals surface area contributed by atoms with E-state index in [4.69, 9.17) is 11.2 Å². The Balaban J connectivity index is 3.19. The Morgan fingerprint density at radius 2 is 2.36 bits per heavy atom. The molecule has 56 valence electrons. The zero-order valence-corrected chi connectivity index (χ0v) is 6.59. The van der Waals surface area contributed by atoms with Crippen molar-refractivity contribution in [3.63, 3.8) is 0 Å². The highest BCUT2D eigenvalue weighted by Gasteiger charge is 1.99. The summed E-state index contributed by atoms with van der Waals surface area (Å²) in [6.45, 7) is 1.94. The standard InChI is InChI=1S/C9H9NO/c1-4-8-5-7(2)6-10-9(8)11-3/h1,5-6H,2-3H3. The molecule has 0 aliphatic rings. The Morgan fingerprint density at radius 1 is 1.64 bits per heavy atom. The summed E-state index contributed by atoms with van der Waals surface area (Å²) in [6, 6.07) is 1.87. The van der Waals surface area contributed by atoms with Crippen LogP contribution in [-0.4, -0.2) is 12.1 Å². The highest BCUT2D eigenvalue weighted by atomic mass is 16.5. The van der Waals surface area contributed by atoms with Crippen LogP contribution >= 0.6 is 0 Å². The van der Waals surface area contributed by atoms with E-state index in [1.54, 1.807) is 13.3 Å². The van der Waals surface area contributed by atoms with Gasteiger partial charge < -0.3 is 4.74 Å². The van der Waals surface area contributed by atoms with Gasteiger partial charge >= 0.3 is 0 Å². The van der Waals surface area contributed by atoms with E-state index in [0.29, 0.717) is 11.4 Å². The summed E-state index contributed by atoms with van der Waals surface area (Å²) in [5, 5.41) is 0. The molecular weight excluding hydrogens is 138 g/mol. The quantitative estimate of drug-likeness (QED) is 0.560. The van der Waals surface area contributed by atoms with E-state index in [1.807, 2.05) is 13.0 Å². The molecule has 0 spiro atoms. The predicted octanol–water partition coefficient (Wildman–Crippen LogP) is 1.38. The maximum absolute atomic E-state index is 5.23. The second-order valence-electron chi connectivity index (χ2n) is 2.21. The van der Waals surface area contributed by atoms with Crippen LogP contribution in [0.2, 0.25) is 0 Å². The average molecular weight is 147 g/mol. The largest absolute Gasteiger partial charge is 0.480 e. The zero-order chi connectivity index (χ0) is 8.27. The van der Waals surface area contributed by atoms with Gasteiger partial charge in [-0.1, -0.05) is 5.92 Å². The van der Waals surface area contributed by atoms with Crippen molar-refractivity contribution in [2.45, 2.75) is 6.92 Å². The van der Waals surface area contributed by atoms with Crippen LogP contribution in [-0.2, 0) is 0 Å². The Bertz CT molecular complexity index is 299.